The van der Waals surface area contributed by atoms with Crippen LogP contribution < -0.4 is 4.74 Å². The Morgan fingerprint density at radius 3 is 2.65 bits per heavy atom. The van der Waals surface area contributed by atoms with Gasteiger partial charge in [-0.05, 0) is 37.5 Å². The molecule has 0 aliphatic carbocycles. The summed E-state index contributed by atoms with van der Waals surface area (Å²) in [5.74, 6) is 0.0336. The highest BCUT2D eigenvalue weighted by atomic mass is 35.5. The molecule has 4 nitrogen and oxygen atoms in total. The summed E-state index contributed by atoms with van der Waals surface area (Å²) in [4.78, 5) is 15.7. The van der Waals surface area contributed by atoms with Crippen molar-refractivity contribution in [1.82, 2.24) is 4.98 Å². The van der Waals surface area contributed by atoms with E-state index in [0.717, 1.165) is 37.7 Å². The Bertz CT molecular complexity index is 828. The van der Waals surface area contributed by atoms with Gasteiger partial charge in [0.25, 0.3) is 0 Å². The predicted octanol–water partition coefficient (Wildman–Crippen LogP) is 6.08. The summed E-state index contributed by atoms with van der Waals surface area (Å²) in [6, 6.07) is 5.79. The lowest BCUT2D eigenvalue weighted by atomic mass is 10.0. The van der Waals surface area contributed by atoms with Crippen molar-refractivity contribution in [2.45, 2.75) is 46.0 Å². The van der Waals surface area contributed by atoms with Gasteiger partial charge >= 0.3 is 0 Å². The number of Topliss-reactive ketones (excluding diaryl/α,β-unsaturated/α-hetero) is 1. The van der Waals surface area contributed by atoms with Crippen molar-refractivity contribution in [1.29, 1.82) is 5.26 Å². The first kappa shape index (κ1) is 20.7. The van der Waals surface area contributed by atoms with Gasteiger partial charge in [-0.2, -0.15) is 5.26 Å². The van der Waals surface area contributed by atoms with Crippen molar-refractivity contribution in [3.8, 4) is 23.2 Å². The molecule has 0 bridgehead atoms. The minimum Gasteiger partial charge on any atom is -0.469 e. The molecule has 0 aliphatic rings. The van der Waals surface area contributed by atoms with E-state index in [1.807, 2.05) is 6.07 Å². The molecule has 2 aromatic rings. The Morgan fingerprint density at radius 2 is 2.08 bits per heavy atom. The molecule has 0 atom stereocenters. The predicted molar refractivity (Wildman–Crippen MR) is 106 cm³/mol. The lowest BCUT2D eigenvalue weighted by Gasteiger charge is -2.12. The Labute approximate surface area is 167 Å². The maximum absolute atomic E-state index is 11.3. The second-order valence-electron chi connectivity index (χ2n) is 6.00. The third-order valence-electron chi connectivity index (χ3n) is 3.82. The maximum atomic E-state index is 11.3. The monoisotopic (exact) mass is 410 g/mol. The van der Waals surface area contributed by atoms with Gasteiger partial charge in [0.05, 0.1) is 10.0 Å². The number of carbonyl (C=O) groups is 1. The summed E-state index contributed by atoms with van der Waals surface area (Å²) in [7, 11) is 0. The molecule has 2 heterocycles. The number of ketones is 1. The van der Waals surface area contributed by atoms with E-state index in [4.69, 9.17) is 27.9 Å². The molecular weight excluding hydrogens is 391 g/mol. The molecule has 0 saturated heterocycles. The fraction of sp³-hybridized carbons (Fsp3) is 0.421. The van der Waals surface area contributed by atoms with Crippen LogP contribution in [0, 0.1) is 11.3 Å². The van der Waals surface area contributed by atoms with Gasteiger partial charge in [-0.1, -0.05) is 49.4 Å². The van der Waals surface area contributed by atoms with Gasteiger partial charge in [-0.3, -0.25) is 4.79 Å². The summed E-state index contributed by atoms with van der Waals surface area (Å²) in [6.07, 6.45) is 5.09. The minimum atomic E-state index is -0.137. The first-order chi connectivity index (χ1) is 12.5. The number of halogens is 2. The first-order valence-electron chi connectivity index (χ1n) is 8.47. The zero-order valence-electron chi connectivity index (χ0n) is 14.8. The second-order valence-corrected chi connectivity index (χ2v) is 8.28. The number of nitrogens with zero attached hydrogens (tertiary/aromatic N) is 2. The van der Waals surface area contributed by atoms with Crippen LogP contribution in [0.5, 0.6) is 5.88 Å². The van der Waals surface area contributed by atoms with E-state index in [0.29, 0.717) is 25.5 Å². The van der Waals surface area contributed by atoms with Gasteiger partial charge in [0.1, 0.15) is 22.6 Å². The molecule has 26 heavy (non-hydrogen) atoms. The van der Waals surface area contributed by atoms with Gasteiger partial charge in [0.2, 0.25) is 5.88 Å². The summed E-state index contributed by atoms with van der Waals surface area (Å²) >= 11 is 13.6. The fourth-order valence-corrected chi connectivity index (χ4v) is 4.04. The molecule has 0 spiro atoms. The lowest BCUT2D eigenvalue weighted by Crippen LogP contribution is -2.10. The SMILES string of the molecule is CCCCCCc1cc(-c2cc(Cl)sc2Cl)nc(OCC(C)=O)c1C#N. The number of aryl methyl sites for hydroxylation is 1. The molecule has 0 aliphatic heterocycles. The summed E-state index contributed by atoms with van der Waals surface area (Å²) in [5.41, 5.74) is 2.53. The van der Waals surface area contributed by atoms with Crippen LogP contribution in [0.2, 0.25) is 8.67 Å². The van der Waals surface area contributed by atoms with Gasteiger partial charge in [0.15, 0.2) is 5.78 Å². The molecule has 0 amide bonds. The van der Waals surface area contributed by atoms with Crippen molar-refractivity contribution in [2.75, 3.05) is 6.61 Å². The third kappa shape index (κ3) is 5.44. The van der Waals surface area contributed by atoms with E-state index < -0.39 is 0 Å². The van der Waals surface area contributed by atoms with E-state index in [1.54, 1.807) is 6.07 Å². The van der Waals surface area contributed by atoms with Gasteiger partial charge < -0.3 is 4.74 Å². The number of ether oxygens (including phenoxy) is 1. The fourth-order valence-electron chi connectivity index (χ4n) is 2.56. The molecule has 0 saturated carbocycles. The van der Waals surface area contributed by atoms with Crippen LogP contribution in [-0.2, 0) is 11.2 Å². The number of hydrogen-bond acceptors (Lipinski definition) is 5. The largest absolute Gasteiger partial charge is 0.469 e. The smallest absolute Gasteiger partial charge is 0.232 e. The highest BCUT2D eigenvalue weighted by Crippen LogP contribution is 2.39. The maximum Gasteiger partial charge on any atom is 0.232 e. The van der Waals surface area contributed by atoms with Crippen molar-refractivity contribution in [3.05, 3.63) is 31.9 Å². The number of aromatic nitrogens is 1. The molecular formula is C19H20Cl2N2O2S. The Morgan fingerprint density at radius 1 is 1.31 bits per heavy atom. The number of carbonyl (C=O) groups excluding carboxylic acids is 1. The van der Waals surface area contributed by atoms with Crippen LogP contribution in [-0.4, -0.2) is 17.4 Å². The van der Waals surface area contributed by atoms with E-state index in [2.05, 4.69) is 18.0 Å². The van der Waals surface area contributed by atoms with Gasteiger partial charge in [0, 0.05) is 5.56 Å². The minimum absolute atomic E-state index is 0.126. The molecule has 138 valence electrons. The number of hydrogen-bond donors (Lipinski definition) is 0. The molecule has 0 radical (unpaired) electrons. The van der Waals surface area contributed by atoms with Crippen LogP contribution in [0.15, 0.2) is 12.1 Å². The van der Waals surface area contributed by atoms with Crippen LogP contribution in [0.1, 0.15) is 50.7 Å². The topological polar surface area (TPSA) is 63.0 Å². The summed E-state index contributed by atoms with van der Waals surface area (Å²) < 4.78 is 6.60. The molecule has 7 heteroatoms. The van der Waals surface area contributed by atoms with E-state index in [9.17, 15) is 10.1 Å². The zero-order chi connectivity index (χ0) is 19.1. The number of unbranched alkanes of at least 4 members (excludes halogenated alkanes) is 3. The number of pyridine rings is 1. The van der Waals surface area contributed by atoms with Crippen molar-refractivity contribution in [2.24, 2.45) is 0 Å². The van der Waals surface area contributed by atoms with Crippen molar-refractivity contribution in [3.63, 3.8) is 0 Å². The second kappa shape index (κ2) is 9.91. The van der Waals surface area contributed by atoms with E-state index in [-0.39, 0.29) is 18.3 Å². The van der Waals surface area contributed by atoms with Crippen molar-refractivity contribution < 1.29 is 9.53 Å². The Kier molecular flexibility index (Phi) is 7.89. The van der Waals surface area contributed by atoms with Crippen LogP contribution in [0.3, 0.4) is 0 Å². The lowest BCUT2D eigenvalue weighted by molar-refractivity contribution is -0.119. The molecule has 0 fully saturated rings. The average molecular weight is 411 g/mol. The standard InChI is InChI=1S/C19H20Cl2N2O2S/c1-3-4-5-6-7-13-8-16(14-9-17(20)26-18(14)21)23-19(15(13)10-22)25-11-12(2)24/h8-9H,3-7,11H2,1-2H3. The Hall–Kier alpha value is -1.61. The van der Waals surface area contributed by atoms with Crippen molar-refractivity contribution >= 4 is 40.3 Å². The highest BCUT2D eigenvalue weighted by molar-refractivity contribution is 7.20. The first-order valence-corrected chi connectivity index (χ1v) is 10.0. The summed E-state index contributed by atoms with van der Waals surface area (Å²) in [6.45, 7) is 3.46. The van der Waals surface area contributed by atoms with E-state index >= 15 is 0 Å². The Balaban J connectivity index is 2.44. The van der Waals surface area contributed by atoms with Crippen LogP contribution >= 0.6 is 34.5 Å². The zero-order valence-corrected chi connectivity index (χ0v) is 17.1. The normalized spacial score (nSPS) is 10.6. The van der Waals surface area contributed by atoms with E-state index in [1.165, 1.54) is 18.3 Å². The number of rotatable bonds is 9. The average Bonchev–Trinajstić information content (AvgIpc) is 2.94. The molecule has 2 aromatic heterocycles. The van der Waals surface area contributed by atoms with Gasteiger partial charge in [-0.15, -0.1) is 11.3 Å². The molecule has 0 N–H and O–H groups in total. The highest BCUT2D eigenvalue weighted by Gasteiger charge is 2.18. The van der Waals surface area contributed by atoms with Crippen LogP contribution in [0.4, 0.5) is 0 Å². The quantitative estimate of drug-likeness (QED) is 0.469. The third-order valence-corrected chi connectivity index (χ3v) is 5.31. The van der Waals surface area contributed by atoms with Gasteiger partial charge in [-0.25, -0.2) is 4.98 Å². The molecule has 2 rings (SSSR count). The summed E-state index contributed by atoms with van der Waals surface area (Å²) in [5, 5.41) is 9.59. The van der Waals surface area contributed by atoms with Crippen LogP contribution in [0.25, 0.3) is 11.3 Å². The molecule has 0 unspecified atom stereocenters. The number of nitriles is 1. The number of thiophene rings is 1. The molecule has 0 aromatic carbocycles.